The third-order valence-electron chi connectivity index (χ3n) is 3.41. The summed E-state index contributed by atoms with van der Waals surface area (Å²) in [5.74, 6) is -0.0369. The predicted octanol–water partition coefficient (Wildman–Crippen LogP) is 1.06. The van der Waals surface area contributed by atoms with Crippen molar-refractivity contribution in [3.8, 4) is 0 Å². The first-order chi connectivity index (χ1) is 10.2. The highest BCUT2D eigenvalue weighted by Crippen LogP contribution is 2.15. The number of nitrogens with zero attached hydrogens (tertiary/aromatic N) is 1. The van der Waals surface area contributed by atoms with Gasteiger partial charge in [0.15, 0.2) is 0 Å². The Kier molecular flexibility index (Phi) is 8.47. The third kappa shape index (κ3) is 6.14. The van der Waals surface area contributed by atoms with E-state index in [1.807, 2.05) is 18.2 Å². The monoisotopic (exact) mass is 293 g/mol. The molecular formula is C16H27N3O2. The molecule has 5 nitrogen and oxygen atoms in total. The molecular weight excluding hydrogens is 266 g/mol. The van der Waals surface area contributed by atoms with Crippen LogP contribution in [0.15, 0.2) is 35.6 Å². The number of hydrogen-bond donors (Lipinski definition) is 2. The van der Waals surface area contributed by atoms with Gasteiger partial charge in [0, 0.05) is 58.0 Å². The molecule has 5 heteroatoms. The van der Waals surface area contributed by atoms with Crippen molar-refractivity contribution in [2.45, 2.75) is 13.3 Å². The summed E-state index contributed by atoms with van der Waals surface area (Å²) in [5, 5.41) is 6.01. The van der Waals surface area contributed by atoms with Gasteiger partial charge in [-0.3, -0.25) is 4.79 Å². The number of nitrogens with one attached hydrogen (secondary N) is 2. The standard InChI is InChI=1S/C16H27N3O2/c1-4-19(12-10-18-11-13-21-3)15-7-5-6-14(8-9-15)16(20)17-2/h5-8,18H,4,9-13H2,1-3H3,(H,17,20). The lowest BCUT2D eigenvalue weighted by atomic mass is 10.2. The molecule has 0 heterocycles. The van der Waals surface area contributed by atoms with Crippen LogP contribution in [0.5, 0.6) is 0 Å². The minimum Gasteiger partial charge on any atom is -0.383 e. The topological polar surface area (TPSA) is 53.6 Å². The molecule has 0 aromatic rings. The van der Waals surface area contributed by atoms with E-state index >= 15 is 0 Å². The smallest absolute Gasteiger partial charge is 0.250 e. The lowest BCUT2D eigenvalue weighted by Crippen LogP contribution is -2.32. The SMILES string of the molecule is CCN(CCNCCOC)C1=CC=CC(C(=O)NC)=CC1. The molecule has 0 bridgehead atoms. The molecule has 0 saturated heterocycles. The van der Waals surface area contributed by atoms with Crippen LogP contribution in [0.1, 0.15) is 13.3 Å². The van der Waals surface area contributed by atoms with E-state index in [9.17, 15) is 4.79 Å². The van der Waals surface area contributed by atoms with Gasteiger partial charge in [0.1, 0.15) is 0 Å². The quantitative estimate of drug-likeness (QED) is 0.624. The Morgan fingerprint density at radius 2 is 2.24 bits per heavy atom. The van der Waals surface area contributed by atoms with Crippen LogP contribution in [0.3, 0.4) is 0 Å². The van der Waals surface area contributed by atoms with Crippen molar-refractivity contribution in [3.05, 3.63) is 35.6 Å². The summed E-state index contributed by atoms with van der Waals surface area (Å²) in [4.78, 5) is 14.0. The number of carbonyl (C=O) groups is 1. The van der Waals surface area contributed by atoms with Crippen LogP contribution >= 0.6 is 0 Å². The Balaban J connectivity index is 2.50. The zero-order valence-electron chi connectivity index (χ0n) is 13.3. The van der Waals surface area contributed by atoms with Gasteiger partial charge >= 0.3 is 0 Å². The minimum absolute atomic E-state index is 0.0369. The largest absolute Gasteiger partial charge is 0.383 e. The van der Waals surface area contributed by atoms with Crippen LogP contribution < -0.4 is 10.6 Å². The highest BCUT2D eigenvalue weighted by Gasteiger charge is 2.10. The fourth-order valence-corrected chi connectivity index (χ4v) is 2.18. The Hall–Kier alpha value is -1.59. The van der Waals surface area contributed by atoms with Gasteiger partial charge < -0.3 is 20.3 Å². The molecule has 0 spiro atoms. The van der Waals surface area contributed by atoms with Crippen LogP contribution in [0, 0.1) is 0 Å². The van der Waals surface area contributed by atoms with Crippen LogP contribution in [0.2, 0.25) is 0 Å². The lowest BCUT2D eigenvalue weighted by Gasteiger charge is -2.25. The van der Waals surface area contributed by atoms with Crippen molar-refractivity contribution in [2.75, 3.05) is 46.9 Å². The number of ether oxygens (including phenoxy) is 1. The predicted molar refractivity (Wildman–Crippen MR) is 86.0 cm³/mol. The second-order valence-electron chi connectivity index (χ2n) is 4.78. The highest BCUT2D eigenvalue weighted by atomic mass is 16.5. The van der Waals surface area contributed by atoms with E-state index in [2.05, 4.69) is 28.5 Å². The van der Waals surface area contributed by atoms with Crippen molar-refractivity contribution >= 4 is 5.91 Å². The Labute approximate surface area is 127 Å². The fourth-order valence-electron chi connectivity index (χ4n) is 2.18. The molecule has 2 N–H and O–H groups in total. The summed E-state index contributed by atoms with van der Waals surface area (Å²) >= 11 is 0. The molecule has 0 saturated carbocycles. The second-order valence-corrected chi connectivity index (χ2v) is 4.78. The molecule has 1 amide bonds. The Morgan fingerprint density at radius 1 is 1.43 bits per heavy atom. The van der Waals surface area contributed by atoms with Crippen LogP contribution in [-0.2, 0) is 9.53 Å². The third-order valence-corrected chi connectivity index (χ3v) is 3.41. The van der Waals surface area contributed by atoms with Gasteiger partial charge in [0.05, 0.1) is 6.61 Å². The number of likely N-dealkylation sites (N-methyl/N-ethyl adjacent to an activating group) is 2. The molecule has 1 rings (SSSR count). The summed E-state index contributed by atoms with van der Waals surface area (Å²) < 4.78 is 5.01. The van der Waals surface area contributed by atoms with E-state index in [1.54, 1.807) is 14.2 Å². The molecule has 0 aliphatic heterocycles. The molecule has 1 aliphatic rings. The summed E-state index contributed by atoms with van der Waals surface area (Å²) in [6, 6.07) is 0. The number of rotatable bonds is 9. The molecule has 0 aromatic heterocycles. The molecule has 1 aliphatic carbocycles. The lowest BCUT2D eigenvalue weighted by molar-refractivity contribution is -0.116. The minimum atomic E-state index is -0.0369. The van der Waals surface area contributed by atoms with Crippen molar-refractivity contribution in [3.63, 3.8) is 0 Å². The number of carbonyl (C=O) groups excluding carboxylic acids is 1. The van der Waals surface area contributed by atoms with Gasteiger partial charge in [-0.2, -0.15) is 0 Å². The fraction of sp³-hybridized carbons (Fsp3) is 0.562. The van der Waals surface area contributed by atoms with Gasteiger partial charge in [-0.1, -0.05) is 12.2 Å². The van der Waals surface area contributed by atoms with Crippen molar-refractivity contribution in [1.82, 2.24) is 15.5 Å². The zero-order valence-corrected chi connectivity index (χ0v) is 13.3. The maximum absolute atomic E-state index is 11.6. The first-order valence-electron chi connectivity index (χ1n) is 7.47. The van der Waals surface area contributed by atoms with Crippen LogP contribution in [-0.4, -0.2) is 57.8 Å². The maximum Gasteiger partial charge on any atom is 0.250 e. The molecule has 0 unspecified atom stereocenters. The summed E-state index contributed by atoms with van der Waals surface area (Å²) in [7, 11) is 3.36. The van der Waals surface area contributed by atoms with E-state index in [0.29, 0.717) is 0 Å². The van der Waals surface area contributed by atoms with Crippen molar-refractivity contribution in [2.24, 2.45) is 0 Å². The van der Waals surface area contributed by atoms with Crippen molar-refractivity contribution in [1.29, 1.82) is 0 Å². The van der Waals surface area contributed by atoms with Gasteiger partial charge in [0.2, 0.25) is 0 Å². The average molecular weight is 293 g/mol. The highest BCUT2D eigenvalue weighted by molar-refractivity contribution is 5.96. The zero-order chi connectivity index (χ0) is 15.5. The number of methoxy groups -OCH3 is 1. The molecule has 0 radical (unpaired) electrons. The number of hydrogen-bond acceptors (Lipinski definition) is 4. The van der Waals surface area contributed by atoms with Gasteiger partial charge in [-0.25, -0.2) is 0 Å². The number of allylic oxidation sites excluding steroid dienone is 3. The summed E-state index contributed by atoms with van der Waals surface area (Å²) in [6.07, 6.45) is 8.66. The molecule has 118 valence electrons. The Morgan fingerprint density at radius 3 is 2.90 bits per heavy atom. The van der Waals surface area contributed by atoms with Crippen LogP contribution in [0.25, 0.3) is 0 Å². The van der Waals surface area contributed by atoms with Gasteiger partial charge in [-0.15, -0.1) is 0 Å². The first kappa shape index (κ1) is 17.5. The maximum atomic E-state index is 11.6. The molecule has 0 fully saturated rings. The van der Waals surface area contributed by atoms with E-state index < -0.39 is 0 Å². The van der Waals surface area contributed by atoms with E-state index in [-0.39, 0.29) is 5.91 Å². The van der Waals surface area contributed by atoms with Crippen molar-refractivity contribution < 1.29 is 9.53 Å². The summed E-state index contributed by atoms with van der Waals surface area (Å²) in [5.41, 5.74) is 1.96. The molecule has 21 heavy (non-hydrogen) atoms. The normalized spacial score (nSPS) is 14.2. The van der Waals surface area contributed by atoms with Crippen LogP contribution in [0.4, 0.5) is 0 Å². The second kappa shape index (κ2) is 10.2. The van der Waals surface area contributed by atoms with E-state index in [4.69, 9.17) is 4.74 Å². The van der Waals surface area contributed by atoms with E-state index in [1.165, 1.54) is 5.70 Å². The van der Waals surface area contributed by atoms with E-state index in [0.717, 1.165) is 44.8 Å². The molecule has 0 aromatic carbocycles. The molecule has 0 atom stereocenters. The average Bonchev–Trinajstić information content (AvgIpc) is 2.76. The summed E-state index contributed by atoms with van der Waals surface area (Å²) in [6.45, 7) is 6.57. The first-order valence-corrected chi connectivity index (χ1v) is 7.47. The van der Waals surface area contributed by atoms with Gasteiger partial charge in [-0.05, 0) is 19.1 Å². The Bertz CT molecular complexity index is 414. The van der Waals surface area contributed by atoms with Gasteiger partial charge in [0.25, 0.3) is 5.91 Å². The number of amides is 1.